The molecule has 4 N–H and O–H groups in total. The molecule has 0 unspecified atom stereocenters. The Kier molecular flexibility index (Phi) is 5.01. The number of rotatable bonds is 2. The van der Waals surface area contributed by atoms with E-state index in [0.29, 0.717) is 12.2 Å². The average molecular weight is 404 g/mol. The minimum Gasteiger partial charge on any atom is -0.398 e. The summed E-state index contributed by atoms with van der Waals surface area (Å²) in [5.74, 6) is -1.68. The highest BCUT2D eigenvalue weighted by atomic mass is 16.2. The molecule has 3 amide bonds. The fourth-order valence-corrected chi connectivity index (χ4v) is 3.40. The van der Waals surface area contributed by atoms with Crippen molar-refractivity contribution in [3.8, 4) is 11.1 Å². The van der Waals surface area contributed by atoms with E-state index in [-0.39, 0.29) is 24.8 Å². The molecule has 2 aromatic heterocycles. The second kappa shape index (κ2) is 7.78. The van der Waals surface area contributed by atoms with Gasteiger partial charge in [-0.05, 0) is 47.7 Å². The Bertz CT molecular complexity index is 1180. The van der Waals surface area contributed by atoms with Crippen LogP contribution in [-0.4, -0.2) is 52.2 Å². The highest BCUT2D eigenvalue weighted by molar-refractivity contribution is 6.39. The number of carbonyl (C=O) groups is 3. The number of anilines is 2. The summed E-state index contributed by atoms with van der Waals surface area (Å²) in [5, 5.41) is 6.62. The second-order valence-electron chi connectivity index (χ2n) is 7.08. The van der Waals surface area contributed by atoms with Crippen LogP contribution in [0.5, 0.6) is 0 Å². The van der Waals surface area contributed by atoms with E-state index in [4.69, 9.17) is 5.73 Å². The average Bonchev–Trinajstić information content (AvgIpc) is 2.73. The second-order valence-corrected chi connectivity index (χ2v) is 7.08. The molecule has 1 fully saturated rings. The zero-order chi connectivity index (χ0) is 21.3. The predicted octanol–water partition coefficient (Wildman–Crippen LogP) is 1.08. The van der Waals surface area contributed by atoms with Crippen molar-refractivity contribution in [3.05, 3.63) is 48.4 Å². The number of pyridine rings is 2. The van der Waals surface area contributed by atoms with Gasteiger partial charge in [0.1, 0.15) is 12.4 Å². The number of nitrogen functional groups attached to an aromatic ring is 1. The van der Waals surface area contributed by atoms with Crippen LogP contribution in [0.15, 0.2) is 42.9 Å². The summed E-state index contributed by atoms with van der Waals surface area (Å²) in [6, 6.07) is 7.37. The van der Waals surface area contributed by atoms with Crippen molar-refractivity contribution in [1.29, 1.82) is 0 Å². The van der Waals surface area contributed by atoms with Gasteiger partial charge in [0, 0.05) is 48.3 Å². The first kappa shape index (κ1) is 19.3. The van der Waals surface area contributed by atoms with Gasteiger partial charge in [0.05, 0.1) is 0 Å². The van der Waals surface area contributed by atoms with Crippen LogP contribution in [0.25, 0.3) is 21.9 Å². The highest BCUT2D eigenvalue weighted by Crippen LogP contribution is 2.31. The standard InChI is InChI=1S/C21H20N6O3/c1-12-2-3-23-9-15(12)13-6-14-8-18(25-10-16(14)17(22)7-13)26-20(29)21(30)27-5-4-24-19(28)11-27/h2-3,6-10H,4-5,11,22H2,1H3,(H,24,28)(H,25,26,29). The molecule has 3 heterocycles. The van der Waals surface area contributed by atoms with Crippen molar-refractivity contribution in [2.45, 2.75) is 6.92 Å². The first-order valence-corrected chi connectivity index (χ1v) is 9.39. The van der Waals surface area contributed by atoms with Crippen LogP contribution >= 0.6 is 0 Å². The Morgan fingerprint density at radius 3 is 2.83 bits per heavy atom. The summed E-state index contributed by atoms with van der Waals surface area (Å²) in [7, 11) is 0. The number of hydrogen-bond donors (Lipinski definition) is 3. The Hall–Kier alpha value is -4.01. The minimum absolute atomic E-state index is 0.137. The number of piperazine rings is 1. The van der Waals surface area contributed by atoms with E-state index in [2.05, 4.69) is 20.6 Å². The van der Waals surface area contributed by atoms with Crippen molar-refractivity contribution in [2.24, 2.45) is 0 Å². The van der Waals surface area contributed by atoms with Gasteiger partial charge < -0.3 is 21.3 Å². The largest absolute Gasteiger partial charge is 0.398 e. The summed E-state index contributed by atoms with van der Waals surface area (Å²) >= 11 is 0. The molecular formula is C21H20N6O3. The van der Waals surface area contributed by atoms with Crippen LogP contribution in [0.4, 0.5) is 11.5 Å². The fraction of sp³-hybridized carbons (Fsp3) is 0.190. The monoisotopic (exact) mass is 404 g/mol. The number of hydrogen-bond acceptors (Lipinski definition) is 6. The lowest BCUT2D eigenvalue weighted by Gasteiger charge is -2.25. The summed E-state index contributed by atoms with van der Waals surface area (Å²) < 4.78 is 0. The maximum absolute atomic E-state index is 12.3. The molecule has 0 saturated carbocycles. The van der Waals surface area contributed by atoms with Crippen LogP contribution in [0, 0.1) is 6.92 Å². The fourth-order valence-electron chi connectivity index (χ4n) is 3.40. The normalized spacial score (nSPS) is 13.8. The lowest BCUT2D eigenvalue weighted by Crippen LogP contribution is -2.52. The third-order valence-electron chi connectivity index (χ3n) is 4.98. The number of nitrogens with zero attached hydrogens (tertiary/aromatic N) is 3. The van der Waals surface area contributed by atoms with Crippen LogP contribution in [0.2, 0.25) is 0 Å². The highest BCUT2D eigenvalue weighted by Gasteiger charge is 2.26. The van der Waals surface area contributed by atoms with Gasteiger partial charge >= 0.3 is 11.8 Å². The zero-order valence-electron chi connectivity index (χ0n) is 16.3. The summed E-state index contributed by atoms with van der Waals surface area (Å²) in [4.78, 5) is 45.7. The number of nitrogens with two attached hydrogens (primary N) is 1. The first-order chi connectivity index (χ1) is 14.4. The molecule has 1 aromatic carbocycles. The minimum atomic E-state index is -0.844. The lowest BCUT2D eigenvalue weighted by molar-refractivity contribution is -0.146. The van der Waals surface area contributed by atoms with Crippen LogP contribution in [0.3, 0.4) is 0 Å². The van der Waals surface area contributed by atoms with Gasteiger partial charge in [0.25, 0.3) is 0 Å². The van der Waals surface area contributed by atoms with Gasteiger partial charge in [-0.3, -0.25) is 19.4 Å². The van der Waals surface area contributed by atoms with Crippen molar-refractivity contribution < 1.29 is 14.4 Å². The van der Waals surface area contributed by atoms with E-state index in [1.165, 1.54) is 4.90 Å². The number of aromatic nitrogens is 2. The summed E-state index contributed by atoms with van der Waals surface area (Å²) in [6.45, 7) is 2.46. The van der Waals surface area contributed by atoms with Gasteiger partial charge in [-0.2, -0.15) is 0 Å². The maximum atomic E-state index is 12.3. The third kappa shape index (κ3) is 3.77. The van der Waals surface area contributed by atoms with Gasteiger partial charge in [-0.25, -0.2) is 4.98 Å². The number of benzene rings is 1. The van der Waals surface area contributed by atoms with E-state index < -0.39 is 11.8 Å². The molecule has 0 radical (unpaired) electrons. The van der Waals surface area contributed by atoms with E-state index in [0.717, 1.165) is 27.5 Å². The first-order valence-electron chi connectivity index (χ1n) is 9.39. The van der Waals surface area contributed by atoms with Crippen LogP contribution in [-0.2, 0) is 14.4 Å². The van der Waals surface area contributed by atoms with Gasteiger partial charge in [-0.15, -0.1) is 0 Å². The summed E-state index contributed by atoms with van der Waals surface area (Å²) in [5.41, 5.74) is 9.66. The van der Waals surface area contributed by atoms with E-state index in [1.54, 1.807) is 24.7 Å². The molecular weight excluding hydrogens is 384 g/mol. The van der Waals surface area contributed by atoms with Crippen LogP contribution < -0.4 is 16.4 Å². The molecule has 0 bridgehead atoms. The smallest absolute Gasteiger partial charge is 0.315 e. The number of carbonyl (C=O) groups excluding carboxylic acids is 3. The molecule has 30 heavy (non-hydrogen) atoms. The van der Waals surface area contributed by atoms with E-state index >= 15 is 0 Å². The molecule has 0 spiro atoms. The van der Waals surface area contributed by atoms with Gasteiger partial charge in [0.15, 0.2) is 0 Å². The number of fused-ring (bicyclic) bond motifs is 1. The molecule has 9 heteroatoms. The zero-order valence-corrected chi connectivity index (χ0v) is 16.3. The molecule has 1 saturated heterocycles. The maximum Gasteiger partial charge on any atom is 0.315 e. The quantitative estimate of drug-likeness (QED) is 0.433. The Labute approximate surface area is 172 Å². The molecule has 152 valence electrons. The molecule has 9 nitrogen and oxygen atoms in total. The van der Waals surface area contributed by atoms with Gasteiger partial charge in [-0.1, -0.05) is 0 Å². The molecule has 4 rings (SSSR count). The number of amides is 3. The van der Waals surface area contributed by atoms with Crippen molar-refractivity contribution >= 4 is 40.0 Å². The summed E-state index contributed by atoms with van der Waals surface area (Å²) in [6.07, 6.45) is 5.05. The topological polar surface area (TPSA) is 130 Å². The molecule has 0 atom stereocenters. The molecule has 1 aliphatic rings. The molecule has 0 aliphatic carbocycles. The number of nitrogens with one attached hydrogen (secondary N) is 2. The SMILES string of the molecule is Cc1ccncc1-c1cc(N)c2cnc(NC(=O)C(=O)N3CCNC(=O)C3)cc2c1. The van der Waals surface area contributed by atoms with Crippen molar-refractivity contribution in [1.82, 2.24) is 20.2 Å². The molecule has 1 aliphatic heterocycles. The Balaban J connectivity index is 1.61. The predicted molar refractivity (Wildman–Crippen MR) is 112 cm³/mol. The van der Waals surface area contributed by atoms with E-state index in [9.17, 15) is 14.4 Å². The lowest BCUT2D eigenvalue weighted by atomic mass is 9.99. The Morgan fingerprint density at radius 1 is 1.23 bits per heavy atom. The Morgan fingerprint density at radius 2 is 2.07 bits per heavy atom. The third-order valence-corrected chi connectivity index (χ3v) is 4.98. The van der Waals surface area contributed by atoms with Crippen LogP contribution in [0.1, 0.15) is 5.56 Å². The van der Waals surface area contributed by atoms with Crippen molar-refractivity contribution in [2.75, 3.05) is 30.7 Å². The molecule has 3 aromatic rings. The number of aryl methyl sites for hydroxylation is 1. The van der Waals surface area contributed by atoms with Gasteiger partial charge in [0.2, 0.25) is 5.91 Å². The van der Waals surface area contributed by atoms with Crippen molar-refractivity contribution in [3.63, 3.8) is 0 Å². The van der Waals surface area contributed by atoms with E-state index in [1.807, 2.05) is 25.1 Å².